The molecule has 3 heteroatoms. The molecule has 13 heavy (non-hydrogen) atoms. The van der Waals surface area contributed by atoms with Crippen LogP contribution in [0, 0.1) is 0 Å². The van der Waals surface area contributed by atoms with Gasteiger partial charge in [-0.05, 0) is 32.4 Å². The van der Waals surface area contributed by atoms with Gasteiger partial charge in [0, 0.05) is 0 Å². The largest absolute Gasteiger partial charge is 0.480 e. The molecule has 1 atom stereocenters. The highest BCUT2D eigenvalue weighted by molar-refractivity contribution is 5.82. The normalized spacial score (nSPS) is 15.0. The van der Waals surface area contributed by atoms with E-state index in [1.54, 1.807) is 14.0 Å². The van der Waals surface area contributed by atoms with Crippen LogP contribution in [-0.4, -0.2) is 23.7 Å². The van der Waals surface area contributed by atoms with Gasteiger partial charge in [-0.1, -0.05) is 19.9 Å². The summed E-state index contributed by atoms with van der Waals surface area (Å²) < 4.78 is 0. The van der Waals surface area contributed by atoms with Gasteiger partial charge in [0.1, 0.15) is 5.54 Å². The van der Waals surface area contributed by atoms with E-state index < -0.39 is 11.5 Å². The van der Waals surface area contributed by atoms with E-state index in [2.05, 4.69) is 18.8 Å². The second-order valence-electron chi connectivity index (χ2n) is 3.39. The first-order chi connectivity index (χ1) is 5.99. The summed E-state index contributed by atoms with van der Waals surface area (Å²) in [5, 5.41) is 11.8. The van der Waals surface area contributed by atoms with Gasteiger partial charge in [-0.3, -0.25) is 0 Å². The lowest BCUT2D eigenvalue weighted by molar-refractivity contribution is -0.142. The van der Waals surface area contributed by atoms with Crippen LogP contribution < -0.4 is 5.32 Å². The fourth-order valence-electron chi connectivity index (χ4n) is 1.08. The zero-order chi connectivity index (χ0) is 10.5. The fourth-order valence-corrected chi connectivity index (χ4v) is 1.08. The van der Waals surface area contributed by atoms with Crippen molar-refractivity contribution >= 4 is 5.97 Å². The molecule has 0 unspecified atom stereocenters. The summed E-state index contributed by atoms with van der Waals surface area (Å²) in [5.41, 5.74) is -0.237. The maximum atomic E-state index is 10.9. The number of carboxylic acids is 1. The first-order valence-electron chi connectivity index (χ1n) is 4.59. The van der Waals surface area contributed by atoms with Crippen molar-refractivity contribution in [3.05, 3.63) is 12.2 Å². The van der Waals surface area contributed by atoms with E-state index in [9.17, 15) is 4.79 Å². The average molecular weight is 185 g/mol. The van der Waals surface area contributed by atoms with Gasteiger partial charge in [-0.15, -0.1) is 0 Å². The van der Waals surface area contributed by atoms with Crippen LogP contribution in [0.3, 0.4) is 0 Å². The minimum Gasteiger partial charge on any atom is -0.480 e. The number of hydrogen-bond acceptors (Lipinski definition) is 2. The highest BCUT2D eigenvalue weighted by Crippen LogP contribution is 2.20. The van der Waals surface area contributed by atoms with E-state index in [1.807, 2.05) is 0 Å². The molecule has 0 aromatic rings. The predicted octanol–water partition coefficient (Wildman–Crippen LogP) is 1.80. The topological polar surface area (TPSA) is 49.3 Å². The molecule has 0 aromatic heterocycles. The molecule has 0 aromatic carbocycles. The second kappa shape index (κ2) is 5.02. The van der Waals surface area contributed by atoms with Gasteiger partial charge >= 0.3 is 5.97 Å². The molecule has 0 amide bonds. The summed E-state index contributed by atoms with van der Waals surface area (Å²) in [6.45, 7) is 7.53. The smallest absolute Gasteiger partial charge is 0.327 e. The number of hydrogen-bond donors (Lipinski definition) is 2. The third-order valence-corrected chi connectivity index (χ3v) is 2.47. The van der Waals surface area contributed by atoms with E-state index in [1.165, 1.54) is 0 Å². The number of carbonyl (C=O) groups is 1. The summed E-state index contributed by atoms with van der Waals surface area (Å²) in [4.78, 5) is 10.9. The zero-order valence-electron chi connectivity index (χ0n) is 8.68. The number of likely N-dealkylation sites (N-methyl/N-ethyl adjacent to an activating group) is 1. The van der Waals surface area contributed by atoms with Gasteiger partial charge in [-0.2, -0.15) is 0 Å². The summed E-state index contributed by atoms with van der Waals surface area (Å²) in [5.74, 6) is -0.865. The van der Waals surface area contributed by atoms with Gasteiger partial charge in [0.2, 0.25) is 0 Å². The molecule has 76 valence electrons. The Morgan fingerprint density at radius 2 is 2.15 bits per heavy atom. The Morgan fingerprint density at radius 3 is 2.46 bits per heavy atom. The number of rotatable bonds is 6. The SMILES string of the molecule is C=C(CCCC)[C@@](C)(NC)C(=O)O. The zero-order valence-corrected chi connectivity index (χ0v) is 8.68. The summed E-state index contributed by atoms with van der Waals surface area (Å²) in [6, 6.07) is 0. The summed E-state index contributed by atoms with van der Waals surface area (Å²) in [7, 11) is 1.64. The molecule has 0 aliphatic carbocycles. The van der Waals surface area contributed by atoms with Crippen LogP contribution in [0.25, 0.3) is 0 Å². The molecule has 0 rings (SSSR count). The Morgan fingerprint density at radius 1 is 1.62 bits per heavy atom. The van der Waals surface area contributed by atoms with Gasteiger partial charge in [0.15, 0.2) is 0 Å². The molecule has 0 heterocycles. The van der Waals surface area contributed by atoms with E-state index in [-0.39, 0.29) is 0 Å². The van der Waals surface area contributed by atoms with E-state index >= 15 is 0 Å². The van der Waals surface area contributed by atoms with Crippen molar-refractivity contribution in [3.8, 4) is 0 Å². The molecule has 3 nitrogen and oxygen atoms in total. The van der Waals surface area contributed by atoms with Crippen LogP contribution in [0.1, 0.15) is 33.1 Å². The minimum absolute atomic E-state index is 0.740. The van der Waals surface area contributed by atoms with E-state index in [4.69, 9.17) is 5.11 Å². The molecule has 0 fully saturated rings. The third-order valence-electron chi connectivity index (χ3n) is 2.47. The quantitative estimate of drug-likeness (QED) is 0.620. The van der Waals surface area contributed by atoms with Crippen LogP contribution in [0.4, 0.5) is 0 Å². The Labute approximate surface area is 79.8 Å². The maximum Gasteiger partial charge on any atom is 0.327 e. The average Bonchev–Trinajstić information content (AvgIpc) is 2.12. The molecule has 0 saturated heterocycles. The van der Waals surface area contributed by atoms with Crippen LogP contribution in [0.15, 0.2) is 12.2 Å². The van der Waals surface area contributed by atoms with Gasteiger partial charge in [-0.25, -0.2) is 4.79 Å². The Kier molecular flexibility index (Phi) is 4.70. The molecule has 0 aliphatic rings. The third kappa shape index (κ3) is 2.84. The van der Waals surface area contributed by atoms with Crippen molar-refractivity contribution in [1.29, 1.82) is 0 Å². The molecule has 0 spiro atoms. The molecule has 0 aliphatic heterocycles. The molecular weight excluding hydrogens is 166 g/mol. The second-order valence-corrected chi connectivity index (χ2v) is 3.39. The maximum absolute atomic E-state index is 10.9. The van der Waals surface area contributed by atoms with Gasteiger partial charge in [0.25, 0.3) is 0 Å². The van der Waals surface area contributed by atoms with Crippen LogP contribution in [0.2, 0.25) is 0 Å². The highest BCUT2D eigenvalue weighted by Gasteiger charge is 2.33. The van der Waals surface area contributed by atoms with E-state index in [0.717, 1.165) is 24.8 Å². The van der Waals surface area contributed by atoms with Gasteiger partial charge in [0.05, 0.1) is 0 Å². The highest BCUT2D eigenvalue weighted by atomic mass is 16.4. The fraction of sp³-hybridized carbons (Fsp3) is 0.700. The van der Waals surface area contributed by atoms with Crippen molar-refractivity contribution in [2.75, 3.05) is 7.05 Å². The minimum atomic E-state index is -0.977. The van der Waals surface area contributed by atoms with Crippen molar-refractivity contribution in [3.63, 3.8) is 0 Å². The first kappa shape index (κ1) is 12.2. The van der Waals surface area contributed by atoms with Crippen molar-refractivity contribution in [1.82, 2.24) is 5.32 Å². The number of aliphatic carboxylic acids is 1. The van der Waals surface area contributed by atoms with Crippen LogP contribution >= 0.6 is 0 Å². The van der Waals surface area contributed by atoms with E-state index in [0.29, 0.717) is 0 Å². The lowest BCUT2D eigenvalue weighted by Crippen LogP contribution is -2.48. The van der Waals surface area contributed by atoms with Crippen molar-refractivity contribution in [2.45, 2.75) is 38.6 Å². The molecule has 0 bridgehead atoms. The molecule has 0 saturated carbocycles. The summed E-state index contributed by atoms with van der Waals surface area (Å²) in [6.07, 6.45) is 2.81. The lowest BCUT2D eigenvalue weighted by atomic mass is 9.89. The molecule has 0 radical (unpaired) electrons. The standard InChI is InChI=1S/C10H19NO2/c1-5-6-7-8(2)10(3,11-4)9(12)13/h11H,2,5-7H2,1,3-4H3,(H,12,13)/t10-/m1/s1. The molecular formula is C10H19NO2. The van der Waals surface area contributed by atoms with Crippen LogP contribution in [0.5, 0.6) is 0 Å². The van der Waals surface area contributed by atoms with Crippen molar-refractivity contribution in [2.24, 2.45) is 0 Å². The monoisotopic (exact) mass is 185 g/mol. The Balaban J connectivity index is 4.39. The number of nitrogens with one attached hydrogen (secondary N) is 1. The van der Waals surface area contributed by atoms with Crippen LogP contribution in [-0.2, 0) is 4.79 Å². The molecule has 2 N–H and O–H groups in total. The van der Waals surface area contributed by atoms with Gasteiger partial charge < -0.3 is 10.4 Å². The number of carboxylic acid groups (broad SMARTS) is 1. The Bertz CT molecular complexity index is 201. The number of unbranched alkanes of at least 4 members (excludes halogenated alkanes) is 1. The lowest BCUT2D eigenvalue weighted by Gasteiger charge is -2.26. The first-order valence-corrected chi connectivity index (χ1v) is 4.59. The Hall–Kier alpha value is -0.830. The predicted molar refractivity (Wildman–Crippen MR) is 53.8 cm³/mol. The van der Waals surface area contributed by atoms with Crippen molar-refractivity contribution < 1.29 is 9.90 Å². The summed E-state index contributed by atoms with van der Waals surface area (Å²) >= 11 is 0.